The molecule has 0 aliphatic rings. The molecule has 0 spiro atoms. The molecular formula is C14H23NO2. The SMILES string of the molecule is CCCOCC(N)c1c(C)cc(C)cc1OC. The van der Waals surface area contributed by atoms with Crippen LogP contribution in [0.15, 0.2) is 12.1 Å². The van der Waals surface area contributed by atoms with Gasteiger partial charge in [-0.25, -0.2) is 0 Å². The summed E-state index contributed by atoms with van der Waals surface area (Å²) >= 11 is 0. The number of hydrogen-bond acceptors (Lipinski definition) is 3. The molecule has 0 aromatic heterocycles. The van der Waals surface area contributed by atoms with Crippen LogP contribution in [0.25, 0.3) is 0 Å². The summed E-state index contributed by atoms with van der Waals surface area (Å²) < 4.78 is 10.9. The Labute approximate surface area is 104 Å². The van der Waals surface area contributed by atoms with E-state index >= 15 is 0 Å². The molecule has 0 saturated heterocycles. The molecule has 1 aromatic carbocycles. The van der Waals surface area contributed by atoms with Gasteiger partial charge in [0.05, 0.1) is 19.8 Å². The monoisotopic (exact) mass is 237 g/mol. The van der Waals surface area contributed by atoms with Crippen LogP contribution in [0.5, 0.6) is 5.75 Å². The molecule has 1 atom stereocenters. The lowest BCUT2D eigenvalue weighted by molar-refractivity contribution is 0.121. The zero-order chi connectivity index (χ0) is 12.8. The predicted octanol–water partition coefficient (Wildman–Crippen LogP) is 2.74. The van der Waals surface area contributed by atoms with Gasteiger partial charge in [-0.15, -0.1) is 0 Å². The second-order valence-electron chi connectivity index (χ2n) is 4.38. The molecule has 0 bridgehead atoms. The van der Waals surface area contributed by atoms with Gasteiger partial charge in [0.15, 0.2) is 0 Å². The molecule has 0 saturated carbocycles. The molecule has 0 aliphatic heterocycles. The van der Waals surface area contributed by atoms with Gasteiger partial charge >= 0.3 is 0 Å². The van der Waals surface area contributed by atoms with Gasteiger partial charge in [0, 0.05) is 12.2 Å². The summed E-state index contributed by atoms with van der Waals surface area (Å²) in [5.41, 5.74) is 9.55. The lowest BCUT2D eigenvalue weighted by Crippen LogP contribution is -2.19. The van der Waals surface area contributed by atoms with Crippen LogP contribution >= 0.6 is 0 Å². The normalized spacial score (nSPS) is 12.5. The number of benzene rings is 1. The van der Waals surface area contributed by atoms with Crippen LogP contribution in [0.1, 0.15) is 36.1 Å². The van der Waals surface area contributed by atoms with E-state index in [1.165, 1.54) is 5.56 Å². The number of aryl methyl sites for hydroxylation is 2. The standard InChI is InChI=1S/C14H23NO2/c1-5-6-17-9-12(15)14-11(3)7-10(2)8-13(14)16-4/h7-8,12H,5-6,9,15H2,1-4H3. The summed E-state index contributed by atoms with van der Waals surface area (Å²) in [6, 6.07) is 4.01. The van der Waals surface area contributed by atoms with Gasteiger partial charge in [0.1, 0.15) is 5.75 Å². The number of ether oxygens (including phenoxy) is 2. The van der Waals surface area contributed by atoms with Crippen molar-refractivity contribution in [3.8, 4) is 5.75 Å². The first-order chi connectivity index (χ1) is 8.10. The molecule has 1 rings (SSSR count). The Kier molecular flexibility index (Phi) is 5.45. The van der Waals surface area contributed by atoms with Crippen molar-refractivity contribution >= 4 is 0 Å². The maximum absolute atomic E-state index is 6.16. The average Bonchev–Trinajstić information content (AvgIpc) is 2.27. The second-order valence-corrected chi connectivity index (χ2v) is 4.38. The quantitative estimate of drug-likeness (QED) is 0.774. The fourth-order valence-electron chi connectivity index (χ4n) is 2.02. The summed E-state index contributed by atoms with van der Waals surface area (Å²) in [4.78, 5) is 0. The Balaban J connectivity index is 2.87. The van der Waals surface area contributed by atoms with Crippen LogP contribution in [0, 0.1) is 13.8 Å². The van der Waals surface area contributed by atoms with Crippen LogP contribution in [-0.2, 0) is 4.74 Å². The van der Waals surface area contributed by atoms with E-state index in [0.717, 1.165) is 29.9 Å². The molecule has 0 aliphatic carbocycles. The third-order valence-corrected chi connectivity index (χ3v) is 2.73. The van der Waals surface area contributed by atoms with E-state index in [1.807, 2.05) is 6.07 Å². The number of hydrogen-bond donors (Lipinski definition) is 1. The summed E-state index contributed by atoms with van der Waals surface area (Å²) in [6.45, 7) is 7.49. The van der Waals surface area contributed by atoms with Crippen molar-refractivity contribution in [2.75, 3.05) is 20.3 Å². The molecule has 0 fully saturated rings. The largest absolute Gasteiger partial charge is 0.496 e. The van der Waals surface area contributed by atoms with E-state index in [1.54, 1.807) is 7.11 Å². The number of rotatable bonds is 6. The maximum Gasteiger partial charge on any atom is 0.124 e. The molecular weight excluding hydrogens is 214 g/mol. The van der Waals surface area contributed by atoms with Crippen molar-refractivity contribution in [3.63, 3.8) is 0 Å². The van der Waals surface area contributed by atoms with Gasteiger partial charge in [-0.2, -0.15) is 0 Å². The highest BCUT2D eigenvalue weighted by Gasteiger charge is 2.15. The van der Waals surface area contributed by atoms with Crippen LogP contribution in [0.2, 0.25) is 0 Å². The van der Waals surface area contributed by atoms with Crippen LogP contribution < -0.4 is 10.5 Å². The molecule has 17 heavy (non-hydrogen) atoms. The summed E-state index contributed by atoms with van der Waals surface area (Å²) in [5, 5.41) is 0. The molecule has 1 aromatic rings. The van der Waals surface area contributed by atoms with Gasteiger partial charge in [0.25, 0.3) is 0 Å². The first-order valence-electron chi connectivity index (χ1n) is 6.08. The summed E-state index contributed by atoms with van der Waals surface area (Å²) in [5.74, 6) is 0.857. The topological polar surface area (TPSA) is 44.5 Å². The Morgan fingerprint density at radius 2 is 2.00 bits per heavy atom. The van der Waals surface area contributed by atoms with Crippen molar-refractivity contribution in [1.82, 2.24) is 0 Å². The number of methoxy groups -OCH3 is 1. The molecule has 3 heteroatoms. The van der Waals surface area contributed by atoms with E-state index in [9.17, 15) is 0 Å². The van der Waals surface area contributed by atoms with Crippen molar-refractivity contribution < 1.29 is 9.47 Å². The maximum atomic E-state index is 6.16. The van der Waals surface area contributed by atoms with Gasteiger partial charge in [-0.1, -0.05) is 13.0 Å². The molecule has 1 unspecified atom stereocenters. The van der Waals surface area contributed by atoms with E-state index in [0.29, 0.717) is 6.61 Å². The van der Waals surface area contributed by atoms with E-state index in [-0.39, 0.29) is 6.04 Å². The van der Waals surface area contributed by atoms with Crippen LogP contribution in [0.3, 0.4) is 0 Å². The third-order valence-electron chi connectivity index (χ3n) is 2.73. The minimum absolute atomic E-state index is 0.128. The molecule has 3 nitrogen and oxygen atoms in total. The Morgan fingerprint density at radius 3 is 2.59 bits per heavy atom. The van der Waals surface area contributed by atoms with Gasteiger partial charge in [-0.3, -0.25) is 0 Å². The van der Waals surface area contributed by atoms with Crippen molar-refractivity contribution in [2.24, 2.45) is 5.73 Å². The smallest absolute Gasteiger partial charge is 0.124 e. The Bertz CT molecular complexity index is 363. The van der Waals surface area contributed by atoms with Crippen molar-refractivity contribution in [2.45, 2.75) is 33.2 Å². The van der Waals surface area contributed by atoms with Gasteiger partial charge in [0.2, 0.25) is 0 Å². The van der Waals surface area contributed by atoms with Crippen molar-refractivity contribution in [1.29, 1.82) is 0 Å². The lowest BCUT2D eigenvalue weighted by Gasteiger charge is -2.19. The molecule has 2 N–H and O–H groups in total. The minimum atomic E-state index is -0.128. The third kappa shape index (κ3) is 3.72. The van der Waals surface area contributed by atoms with Gasteiger partial charge in [-0.05, 0) is 37.5 Å². The van der Waals surface area contributed by atoms with Crippen LogP contribution in [-0.4, -0.2) is 20.3 Å². The highest BCUT2D eigenvalue weighted by atomic mass is 16.5. The van der Waals surface area contributed by atoms with Crippen LogP contribution in [0.4, 0.5) is 0 Å². The fraction of sp³-hybridized carbons (Fsp3) is 0.571. The summed E-state index contributed by atoms with van der Waals surface area (Å²) in [6.07, 6.45) is 1.01. The second kappa shape index (κ2) is 6.62. The van der Waals surface area contributed by atoms with E-state index in [2.05, 4.69) is 26.8 Å². The Hall–Kier alpha value is -1.06. The molecule has 96 valence electrons. The van der Waals surface area contributed by atoms with E-state index < -0.39 is 0 Å². The Morgan fingerprint density at radius 1 is 1.29 bits per heavy atom. The first kappa shape index (κ1) is 14.0. The highest BCUT2D eigenvalue weighted by Crippen LogP contribution is 2.29. The highest BCUT2D eigenvalue weighted by molar-refractivity contribution is 5.44. The number of nitrogens with two attached hydrogens (primary N) is 1. The zero-order valence-corrected chi connectivity index (χ0v) is 11.2. The first-order valence-corrected chi connectivity index (χ1v) is 6.08. The predicted molar refractivity (Wildman–Crippen MR) is 70.5 cm³/mol. The van der Waals surface area contributed by atoms with E-state index in [4.69, 9.17) is 15.2 Å². The molecule has 0 heterocycles. The minimum Gasteiger partial charge on any atom is -0.496 e. The fourth-order valence-corrected chi connectivity index (χ4v) is 2.02. The lowest BCUT2D eigenvalue weighted by atomic mass is 9.99. The van der Waals surface area contributed by atoms with Gasteiger partial charge < -0.3 is 15.2 Å². The summed E-state index contributed by atoms with van der Waals surface area (Å²) in [7, 11) is 1.68. The van der Waals surface area contributed by atoms with Crippen molar-refractivity contribution in [3.05, 3.63) is 28.8 Å². The molecule has 0 amide bonds. The molecule has 0 radical (unpaired) electrons. The average molecular weight is 237 g/mol. The zero-order valence-electron chi connectivity index (χ0n) is 11.2.